The van der Waals surface area contributed by atoms with Crippen molar-refractivity contribution in [1.29, 1.82) is 0 Å². The van der Waals surface area contributed by atoms with Gasteiger partial charge in [-0.05, 0) is 32.1 Å². The van der Waals surface area contributed by atoms with Gasteiger partial charge in [-0.3, -0.25) is 10.1 Å². The highest BCUT2D eigenvalue weighted by atomic mass is 16.6. The summed E-state index contributed by atoms with van der Waals surface area (Å²) in [6, 6.07) is 0. The number of aliphatic hydroxyl groups is 1. The van der Waals surface area contributed by atoms with Crippen LogP contribution in [0.1, 0.15) is 13.8 Å². The van der Waals surface area contributed by atoms with Gasteiger partial charge in [0.1, 0.15) is 5.76 Å². The second-order valence-corrected chi connectivity index (χ2v) is 2.02. The van der Waals surface area contributed by atoms with Crippen molar-refractivity contribution in [2.45, 2.75) is 13.8 Å². The van der Waals surface area contributed by atoms with Gasteiger partial charge in [0.15, 0.2) is 0 Å². The van der Waals surface area contributed by atoms with E-state index in [0.717, 1.165) is 0 Å². The molecule has 0 aliphatic carbocycles. The Morgan fingerprint density at radius 2 is 1.92 bits per heavy atom. The molecule has 12 heavy (non-hydrogen) atoms. The lowest BCUT2D eigenvalue weighted by molar-refractivity contribution is -0.419. The first kappa shape index (κ1) is 10.4. The van der Waals surface area contributed by atoms with Crippen molar-refractivity contribution >= 4 is 0 Å². The number of hydrogen-bond acceptors (Lipinski definition) is 3. The Morgan fingerprint density at radius 1 is 1.33 bits per heavy atom. The summed E-state index contributed by atoms with van der Waals surface area (Å²) in [6.45, 7) is 3.20. The summed E-state index contributed by atoms with van der Waals surface area (Å²) in [7, 11) is 0. The van der Waals surface area contributed by atoms with Gasteiger partial charge >= 0.3 is 0 Å². The van der Waals surface area contributed by atoms with Gasteiger partial charge in [-0.15, -0.1) is 0 Å². The van der Waals surface area contributed by atoms with E-state index in [1.807, 2.05) is 0 Å². The van der Waals surface area contributed by atoms with Crippen LogP contribution in [0.3, 0.4) is 0 Å². The normalized spacial score (nSPS) is 13.8. The minimum Gasteiger partial charge on any atom is -0.508 e. The standard InChI is InChI=1S/C8H11NO3/c1-3-7(9(11)12)5-6-8(10)4-2/h3-6,10H,1-2H3/b6-5-,7-3-,8-4+. The summed E-state index contributed by atoms with van der Waals surface area (Å²) < 4.78 is 0. The van der Waals surface area contributed by atoms with Crippen LogP contribution < -0.4 is 0 Å². The highest BCUT2D eigenvalue weighted by Crippen LogP contribution is 2.00. The minimum atomic E-state index is -0.514. The number of allylic oxidation sites excluding steroid dienone is 4. The molecule has 0 atom stereocenters. The van der Waals surface area contributed by atoms with Gasteiger partial charge in [0.2, 0.25) is 0 Å². The van der Waals surface area contributed by atoms with Crippen LogP contribution in [0, 0.1) is 10.1 Å². The van der Waals surface area contributed by atoms with Gasteiger partial charge < -0.3 is 5.11 Å². The quantitative estimate of drug-likeness (QED) is 0.305. The topological polar surface area (TPSA) is 63.4 Å². The van der Waals surface area contributed by atoms with Crippen LogP contribution in [0.5, 0.6) is 0 Å². The average Bonchev–Trinajstić information content (AvgIpc) is 2.04. The maximum Gasteiger partial charge on any atom is 0.265 e. The fourth-order valence-electron chi connectivity index (χ4n) is 0.529. The third-order valence-corrected chi connectivity index (χ3v) is 1.23. The van der Waals surface area contributed by atoms with E-state index in [9.17, 15) is 10.1 Å². The third-order valence-electron chi connectivity index (χ3n) is 1.23. The second kappa shape index (κ2) is 5.12. The van der Waals surface area contributed by atoms with Gasteiger partial charge in [-0.1, -0.05) is 0 Å². The first-order valence-electron chi connectivity index (χ1n) is 3.46. The molecule has 0 aromatic carbocycles. The zero-order valence-electron chi connectivity index (χ0n) is 7.02. The zero-order valence-corrected chi connectivity index (χ0v) is 7.02. The molecule has 4 nitrogen and oxygen atoms in total. The van der Waals surface area contributed by atoms with Crippen LogP contribution in [0.15, 0.2) is 35.8 Å². The van der Waals surface area contributed by atoms with Crippen LogP contribution in [-0.4, -0.2) is 10.0 Å². The molecule has 0 saturated heterocycles. The second-order valence-electron chi connectivity index (χ2n) is 2.02. The van der Waals surface area contributed by atoms with Crippen LogP contribution in [0.25, 0.3) is 0 Å². The van der Waals surface area contributed by atoms with E-state index in [1.54, 1.807) is 13.8 Å². The molecule has 0 fully saturated rings. The Morgan fingerprint density at radius 3 is 2.25 bits per heavy atom. The molecule has 0 aliphatic rings. The molecule has 4 heteroatoms. The maximum absolute atomic E-state index is 10.2. The Bertz CT molecular complexity index is 251. The van der Waals surface area contributed by atoms with E-state index >= 15 is 0 Å². The number of hydrogen-bond donors (Lipinski definition) is 1. The summed E-state index contributed by atoms with van der Waals surface area (Å²) in [6.07, 6.45) is 5.33. The van der Waals surface area contributed by atoms with Crippen molar-refractivity contribution in [2.24, 2.45) is 0 Å². The highest BCUT2D eigenvalue weighted by Gasteiger charge is 2.01. The summed E-state index contributed by atoms with van der Waals surface area (Å²) in [5.74, 6) is 0.0104. The monoisotopic (exact) mass is 169 g/mol. The largest absolute Gasteiger partial charge is 0.508 e. The molecule has 0 spiro atoms. The molecule has 0 saturated carbocycles. The Labute approximate surface area is 70.7 Å². The number of nitro groups is 1. The molecule has 0 aromatic heterocycles. The fraction of sp³-hybridized carbons (Fsp3) is 0.250. The molecular formula is C8H11NO3. The Balaban J connectivity index is 4.43. The lowest BCUT2D eigenvalue weighted by Crippen LogP contribution is -1.94. The van der Waals surface area contributed by atoms with E-state index in [2.05, 4.69) is 0 Å². The molecule has 1 N–H and O–H groups in total. The summed E-state index contributed by atoms with van der Waals surface area (Å²) >= 11 is 0. The van der Waals surface area contributed by atoms with Crippen molar-refractivity contribution in [3.05, 3.63) is 45.9 Å². The van der Waals surface area contributed by atoms with E-state index in [1.165, 1.54) is 24.3 Å². The van der Waals surface area contributed by atoms with Crippen molar-refractivity contribution in [1.82, 2.24) is 0 Å². The maximum atomic E-state index is 10.2. The molecule has 0 rings (SSSR count). The van der Waals surface area contributed by atoms with E-state index in [-0.39, 0.29) is 11.5 Å². The van der Waals surface area contributed by atoms with Crippen molar-refractivity contribution in [3.63, 3.8) is 0 Å². The lowest BCUT2D eigenvalue weighted by Gasteiger charge is -1.89. The van der Waals surface area contributed by atoms with E-state index < -0.39 is 4.92 Å². The Kier molecular flexibility index (Phi) is 4.45. The summed E-state index contributed by atoms with van der Waals surface area (Å²) in [5.41, 5.74) is -0.0385. The van der Waals surface area contributed by atoms with Crippen LogP contribution >= 0.6 is 0 Å². The van der Waals surface area contributed by atoms with Crippen LogP contribution in [-0.2, 0) is 0 Å². The molecule has 0 bridgehead atoms. The van der Waals surface area contributed by atoms with Gasteiger partial charge in [0, 0.05) is 6.08 Å². The summed E-state index contributed by atoms with van der Waals surface area (Å²) in [5, 5.41) is 19.1. The SMILES string of the molecule is C/C=C(/C=C\C(O)=C/C)[N+](=O)[O-]. The first-order chi connectivity index (χ1) is 5.61. The van der Waals surface area contributed by atoms with Gasteiger partial charge in [-0.25, -0.2) is 0 Å². The lowest BCUT2D eigenvalue weighted by atomic mass is 10.3. The van der Waals surface area contributed by atoms with E-state index in [4.69, 9.17) is 5.11 Å². The molecule has 0 amide bonds. The summed E-state index contributed by atoms with van der Waals surface area (Å²) in [4.78, 5) is 9.70. The Hall–Kier alpha value is -1.58. The molecule has 0 aromatic rings. The molecule has 0 heterocycles. The van der Waals surface area contributed by atoms with Crippen LogP contribution in [0.2, 0.25) is 0 Å². The number of rotatable bonds is 3. The predicted molar refractivity (Wildman–Crippen MR) is 46.3 cm³/mol. The molecule has 66 valence electrons. The van der Waals surface area contributed by atoms with Gasteiger partial charge in [-0.2, -0.15) is 0 Å². The van der Waals surface area contributed by atoms with Crippen molar-refractivity contribution < 1.29 is 10.0 Å². The molecule has 0 unspecified atom stereocenters. The highest BCUT2D eigenvalue weighted by molar-refractivity contribution is 5.18. The number of aliphatic hydroxyl groups excluding tert-OH is 1. The smallest absolute Gasteiger partial charge is 0.265 e. The van der Waals surface area contributed by atoms with Crippen LogP contribution in [0.4, 0.5) is 0 Å². The zero-order chi connectivity index (χ0) is 9.56. The minimum absolute atomic E-state index is 0.0104. The van der Waals surface area contributed by atoms with Crippen molar-refractivity contribution in [3.8, 4) is 0 Å². The molecule has 0 aliphatic heterocycles. The molecule has 0 radical (unpaired) electrons. The molecular weight excluding hydrogens is 158 g/mol. The van der Waals surface area contributed by atoms with E-state index in [0.29, 0.717) is 0 Å². The first-order valence-corrected chi connectivity index (χ1v) is 3.46. The fourth-order valence-corrected chi connectivity index (χ4v) is 0.529. The van der Waals surface area contributed by atoms with Gasteiger partial charge in [0.05, 0.1) is 4.92 Å². The predicted octanol–water partition coefficient (Wildman–Crippen LogP) is 2.18. The average molecular weight is 169 g/mol. The van der Waals surface area contributed by atoms with Crippen molar-refractivity contribution in [2.75, 3.05) is 0 Å². The number of nitrogens with zero attached hydrogens (tertiary/aromatic N) is 1. The van der Waals surface area contributed by atoms with Gasteiger partial charge in [0.25, 0.3) is 5.70 Å². The third kappa shape index (κ3) is 3.55.